The van der Waals surface area contributed by atoms with Gasteiger partial charge in [0.1, 0.15) is 16.9 Å². The summed E-state index contributed by atoms with van der Waals surface area (Å²) >= 11 is 3.34. The van der Waals surface area contributed by atoms with E-state index in [0.29, 0.717) is 12.2 Å². The number of H-pyrrole nitrogens is 1. The summed E-state index contributed by atoms with van der Waals surface area (Å²) in [5.74, 6) is 6.80. The predicted molar refractivity (Wildman–Crippen MR) is 81.5 cm³/mol. The third-order valence-corrected chi connectivity index (χ3v) is 4.72. The van der Waals surface area contributed by atoms with Gasteiger partial charge in [-0.2, -0.15) is 0 Å². The number of hydrogen-bond acceptors (Lipinski definition) is 6. The van der Waals surface area contributed by atoms with E-state index in [9.17, 15) is 0 Å². The molecule has 0 saturated heterocycles. The van der Waals surface area contributed by atoms with Gasteiger partial charge < -0.3 is 10.7 Å². The van der Waals surface area contributed by atoms with Gasteiger partial charge in [-0.1, -0.05) is 23.6 Å². The van der Waals surface area contributed by atoms with Crippen molar-refractivity contribution in [3.8, 4) is 11.8 Å². The molecule has 3 heterocycles. The van der Waals surface area contributed by atoms with Gasteiger partial charge >= 0.3 is 0 Å². The Bertz CT molecular complexity index is 781. The molecule has 5 nitrogen and oxygen atoms in total. The highest BCUT2D eigenvalue weighted by Gasteiger charge is 2.08. The van der Waals surface area contributed by atoms with E-state index in [0.717, 1.165) is 21.9 Å². The van der Waals surface area contributed by atoms with Gasteiger partial charge in [-0.25, -0.2) is 15.0 Å². The molecule has 100 valence electrons. The number of nitrogens with one attached hydrogen (secondary N) is 1. The zero-order valence-corrected chi connectivity index (χ0v) is 12.1. The van der Waals surface area contributed by atoms with Gasteiger partial charge in [0.2, 0.25) is 0 Å². The zero-order valence-electron chi connectivity index (χ0n) is 10.5. The second-order valence-corrected chi connectivity index (χ2v) is 5.80. The average molecular weight is 301 g/mol. The summed E-state index contributed by atoms with van der Waals surface area (Å²) in [6.07, 6.45) is 3.17. The van der Waals surface area contributed by atoms with E-state index in [4.69, 9.17) is 5.73 Å². The fourth-order valence-electron chi connectivity index (χ4n) is 1.70. The number of aromatic amines is 1. The highest BCUT2D eigenvalue weighted by Crippen LogP contribution is 2.28. The highest BCUT2D eigenvalue weighted by atomic mass is 32.2. The molecule has 0 amide bonds. The molecule has 0 aliphatic rings. The Balaban J connectivity index is 1.80. The molecule has 0 unspecified atom stereocenters. The fourth-order valence-corrected chi connectivity index (χ4v) is 3.60. The van der Waals surface area contributed by atoms with Crippen molar-refractivity contribution in [2.75, 3.05) is 6.54 Å². The summed E-state index contributed by atoms with van der Waals surface area (Å²) in [7, 11) is 0. The largest absolute Gasteiger partial charge is 0.341 e. The van der Waals surface area contributed by atoms with Gasteiger partial charge in [0, 0.05) is 16.2 Å². The predicted octanol–water partition coefficient (Wildman–Crippen LogP) is 2.02. The van der Waals surface area contributed by atoms with E-state index in [1.54, 1.807) is 29.4 Å². The van der Waals surface area contributed by atoms with Crippen LogP contribution in [0, 0.1) is 11.8 Å². The highest BCUT2D eigenvalue weighted by molar-refractivity contribution is 7.98. The molecule has 3 aromatic rings. The molecule has 0 radical (unpaired) electrons. The molecule has 0 saturated carbocycles. The number of thiophene rings is 1. The molecule has 0 bridgehead atoms. The van der Waals surface area contributed by atoms with Crippen molar-refractivity contribution in [2.24, 2.45) is 5.73 Å². The monoisotopic (exact) mass is 301 g/mol. The van der Waals surface area contributed by atoms with Gasteiger partial charge in [0.25, 0.3) is 0 Å². The van der Waals surface area contributed by atoms with Crippen LogP contribution in [0.4, 0.5) is 0 Å². The summed E-state index contributed by atoms with van der Waals surface area (Å²) in [5, 5.41) is 2.95. The van der Waals surface area contributed by atoms with Crippen molar-refractivity contribution >= 4 is 34.3 Å². The van der Waals surface area contributed by atoms with Gasteiger partial charge in [-0.15, -0.1) is 11.3 Å². The summed E-state index contributed by atoms with van der Waals surface area (Å²) in [5.41, 5.74) is 8.02. The zero-order chi connectivity index (χ0) is 13.8. The maximum atomic E-state index is 5.41. The Hall–Kier alpha value is -1.88. The van der Waals surface area contributed by atoms with Gasteiger partial charge in [-0.3, -0.25) is 0 Å². The van der Waals surface area contributed by atoms with Crippen molar-refractivity contribution in [1.82, 2.24) is 19.9 Å². The van der Waals surface area contributed by atoms with Gasteiger partial charge in [-0.05, 0) is 11.4 Å². The first-order valence-corrected chi connectivity index (χ1v) is 7.77. The Morgan fingerprint density at radius 3 is 3.20 bits per heavy atom. The quantitative estimate of drug-likeness (QED) is 0.439. The van der Waals surface area contributed by atoms with Crippen LogP contribution in [-0.4, -0.2) is 26.5 Å². The molecule has 0 aromatic carbocycles. The molecule has 3 N–H and O–H groups in total. The topological polar surface area (TPSA) is 80.5 Å². The van der Waals surface area contributed by atoms with Crippen LogP contribution in [0.1, 0.15) is 10.4 Å². The van der Waals surface area contributed by atoms with E-state index in [-0.39, 0.29) is 0 Å². The lowest BCUT2D eigenvalue weighted by atomic mass is 10.3. The number of thioether (sulfide) groups is 1. The summed E-state index contributed by atoms with van der Waals surface area (Å²) in [6.45, 7) is 0.378. The van der Waals surface area contributed by atoms with Crippen molar-refractivity contribution < 1.29 is 0 Å². The van der Waals surface area contributed by atoms with Crippen molar-refractivity contribution in [3.63, 3.8) is 0 Å². The molecule has 0 atom stereocenters. The first-order chi connectivity index (χ1) is 9.88. The standard InChI is InChI=1S/C13H11N5S2/c14-4-1-2-9-3-5-19-10(9)6-20-13-11-12(16-7-15-11)17-8-18-13/h3,5,7-8H,4,6,14H2,(H,15,16,17,18). The SMILES string of the molecule is NCC#Cc1ccsc1CSc1ncnc2nc[nH]c12. The fraction of sp³-hybridized carbons (Fsp3) is 0.154. The number of hydrogen-bond donors (Lipinski definition) is 2. The van der Waals surface area contributed by atoms with Crippen LogP contribution in [0.3, 0.4) is 0 Å². The Morgan fingerprint density at radius 1 is 1.35 bits per heavy atom. The molecule has 0 aliphatic carbocycles. The lowest BCUT2D eigenvalue weighted by Crippen LogP contribution is -1.93. The second-order valence-electron chi connectivity index (χ2n) is 3.83. The van der Waals surface area contributed by atoms with E-state index in [2.05, 4.69) is 31.8 Å². The van der Waals surface area contributed by atoms with Gasteiger partial charge in [0.05, 0.1) is 12.9 Å². The van der Waals surface area contributed by atoms with Crippen LogP contribution in [0.25, 0.3) is 11.2 Å². The molecule has 3 aromatic heterocycles. The molecule has 3 rings (SSSR count). The Labute approximate surface area is 124 Å². The van der Waals surface area contributed by atoms with Crippen molar-refractivity contribution in [3.05, 3.63) is 34.5 Å². The Kier molecular flexibility index (Phi) is 3.97. The summed E-state index contributed by atoms with van der Waals surface area (Å²) in [6, 6.07) is 2.02. The van der Waals surface area contributed by atoms with E-state index in [1.165, 1.54) is 11.2 Å². The van der Waals surface area contributed by atoms with Crippen LogP contribution < -0.4 is 5.73 Å². The minimum atomic E-state index is 0.378. The van der Waals surface area contributed by atoms with Crippen LogP contribution >= 0.6 is 23.1 Å². The maximum absolute atomic E-state index is 5.41. The average Bonchev–Trinajstić information content (AvgIpc) is 3.11. The lowest BCUT2D eigenvalue weighted by Gasteiger charge is -2.00. The number of nitrogens with zero attached hydrogens (tertiary/aromatic N) is 3. The van der Waals surface area contributed by atoms with Gasteiger partial charge in [0.15, 0.2) is 5.65 Å². The van der Waals surface area contributed by atoms with Crippen molar-refractivity contribution in [2.45, 2.75) is 10.8 Å². The summed E-state index contributed by atoms with van der Waals surface area (Å²) < 4.78 is 0. The first kappa shape index (κ1) is 13.1. The van der Waals surface area contributed by atoms with Crippen LogP contribution in [-0.2, 0) is 5.75 Å². The lowest BCUT2D eigenvalue weighted by molar-refractivity contribution is 1.08. The summed E-state index contributed by atoms with van der Waals surface area (Å²) in [4.78, 5) is 16.8. The second kappa shape index (κ2) is 6.05. The van der Waals surface area contributed by atoms with Crippen LogP contribution in [0.15, 0.2) is 29.1 Å². The molecular weight excluding hydrogens is 290 g/mol. The number of rotatable bonds is 3. The number of imidazole rings is 1. The van der Waals surface area contributed by atoms with Crippen LogP contribution in [0.5, 0.6) is 0 Å². The third kappa shape index (κ3) is 2.67. The van der Waals surface area contributed by atoms with Crippen molar-refractivity contribution in [1.29, 1.82) is 0 Å². The molecule has 7 heteroatoms. The Morgan fingerprint density at radius 2 is 2.30 bits per heavy atom. The van der Waals surface area contributed by atoms with E-state index < -0.39 is 0 Å². The molecular formula is C13H11N5S2. The third-order valence-electron chi connectivity index (χ3n) is 2.60. The molecule has 20 heavy (non-hydrogen) atoms. The smallest absolute Gasteiger partial charge is 0.181 e. The molecule has 0 fully saturated rings. The minimum Gasteiger partial charge on any atom is -0.341 e. The number of aromatic nitrogens is 4. The molecule has 0 aliphatic heterocycles. The first-order valence-electron chi connectivity index (χ1n) is 5.90. The normalized spacial score (nSPS) is 10.4. The maximum Gasteiger partial charge on any atom is 0.181 e. The molecule has 0 spiro atoms. The van der Waals surface area contributed by atoms with E-state index >= 15 is 0 Å². The van der Waals surface area contributed by atoms with Crippen LogP contribution in [0.2, 0.25) is 0 Å². The minimum absolute atomic E-state index is 0.378. The number of nitrogens with two attached hydrogens (primary N) is 1. The number of fused-ring (bicyclic) bond motifs is 1. The van der Waals surface area contributed by atoms with E-state index in [1.807, 2.05) is 11.4 Å².